The van der Waals surface area contributed by atoms with E-state index in [-0.39, 0.29) is 23.1 Å². The number of ether oxygens (including phenoxy) is 1. The van der Waals surface area contributed by atoms with E-state index in [0.29, 0.717) is 17.4 Å². The lowest BCUT2D eigenvalue weighted by Gasteiger charge is -2.26. The molecule has 0 unspecified atom stereocenters. The molecule has 2 atom stereocenters. The van der Waals surface area contributed by atoms with Crippen LogP contribution < -0.4 is 10.5 Å². The van der Waals surface area contributed by atoms with Crippen molar-refractivity contribution in [3.8, 4) is 0 Å². The summed E-state index contributed by atoms with van der Waals surface area (Å²) in [6.45, 7) is 4.26. The third-order valence-corrected chi connectivity index (χ3v) is 6.63. The Kier molecular flexibility index (Phi) is 5.48. The van der Waals surface area contributed by atoms with Gasteiger partial charge >= 0.3 is 5.97 Å². The molecule has 2 aliphatic heterocycles. The number of para-hydroxylation sites is 1. The molecule has 5 rings (SSSR count). The second-order valence-electron chi connectivity index (χ2n) is 8.97. The van der Waals surface area contributed by atoms with E-state index in [0.717, 1.165) is 49.2 Å². The molecule has 0 saturated carbocycles. The van der Waals surface area contributed by atoms with Crippen LogP contribution in [0.15, 0.2) is 47.3 Å². The highest BCUT2D eigenvalue weighted by Gasteiger charge is 2.34. The first kappa shape index (κ1) is 21.4. The van der Waals surface area contributed by atoms with Crippen molar-refractivity contribution in [3.63, 3.8) is 0 Å². The number of rotatable bonds is 3. The fourth-order valence-corrected chi connectivity index (χ4v) is 4.92. The average molecular weight is 446 g/mol. The summed E-state index contributed by atoms with van der Waals surface area (Å²) in [6, 6.07) is 12.6. The summed E-state index contributed by atoms with van der Waals surface area (Å²) in [5.41, 5.74) is 2.69. The van der Waals surface area contributed by atoms with E-state index in [9.17, 15) is 14.4 Å². The number of amides is 1. The quantitative estimate of drug-likeness (QED) is 0.575. The first-order chi connectivity index (χ1) is 15.9. The molecule has 33 heavy (non-hydrogen) atoms. The second kappa shape index (κ2) is 8.46. The Hall–Kier alpha value is -3.48. The number of hydrogen-bond acceptors (Lipinski definition) is 5. The molecule has 0 radical (unpaired) electrons. The van der Waals surface area contributed by atoms with Gasteiger partial charge in [0.1, 0.15) is 5.82 Å². The van der Waals surface area contributed by atoms with Crippen molar-refractivity contribution in [3.05, 3.63) is 69.8 Å². The number of hydrogen-bond donors (Lipinski definition) is 0. The van der Waals surface area contributed by atoms with E-state index >= 15 is 0 Å². The molecular weight excluding hydrogens is 418 g/mol. The number of aryl methyl sites for hydroxylation is 1. The number of anilines is 1. The summed E-state index contributed by atoms with van der Waals surface area (Å²) in [6.07, 6.45) is 3.63. The summed E-state index contributed by atoms with van der Waals surface area (Å²) in [4.78, 5) is 45.3. The van der Waals surface area contributed by atoms with E-state index in [4.69, 9.17) is 4.74 Å². The van der Waals surface area contributed by atoms with Crippen molar-refractivity contribution in [1.29, 1.82) is 0 Å². The van der Waals surface area contributed by atoms with Crippen LogP contribution in [-0.4, -0.2) is 33.6 Å². The van der Waals surface area contributed by atoms with Crippen molar-refractivity contribution >= 4 is 28.5 Å². The van der Waals surface area contributed by atoms with Gasteiger partial charge in [0.15, 0.2) is 6.10 Å². The molecule has 2 aliphatic rings. The Morgan fingerprint density at radius 3 is 2.79 bits per heavy atom. The Morgan fingerprint density at radius 2 is 1.94 bits per heavy atom. The zero-order valence-corrected chi connectivity index (χ0v) is 18.9. The number of esters is 1. The van der Waals surface area contributed by atoms with Gasteiger partial charge in [-0.3, -0.25) is 14.2 Å². The largest absolute Gasteiger partial charge is 0.449 e. The predicted octanol–water partition coefficient (Wildman–Crippen LogP) is 3.65. The minimum atomic E-state index is -0.938. The summed E-state index contributed by atoms with van der Waals surface area (Å²) in [7, 11) is 0. The summed E-state index contributed by atoms with van der Waals surface area (Å²) in [5.74, 6) is -0.0845. The highest BCUT2D eigenvalue weighted by Crippen LogP contribution is 2.32. The van der Waals surface area contributed by atoms with E-state index in [1.807, 2.05) is 31.2 Å². The van der Waals surface area contributed by atoms with Gasteiger partial charge in [-0.05, 0) is 62.9 Å². The standard InChI is InChI=1S/C26H27N3O4/c1-16-14-18-8-5-6-9-22(18)29(16)24(30)17(2)33-26(32)19-11-12-20-21(15-19)27-23-10-4-3-7-13-28(23)25(20)31/h5-6,8-9,11-12,15-17H,3-4,7,10,13-14H2,1-2H3/t16-,17-/m0/s1. The summed E-state index contributed by atoms with van der Waals surface area (Å²) < 4.78 is 7.30. The van der Waals surface area contributed by atoms with Crippen LogP contribution in [0.3, 0.4) is 0 Å². The predicted molar refractivity (Wildman–Crippen MR) is 126 cm³/mol. The van der Waals surface area contributed by atoms with Crippen LogP contribution >= 0.6 is 0 Å². The van der Waals surface area contributed by atoms with Gasteiger partial charge in [-0.2, -0.15) is 0 Å². The highest BCUT2D eigenvalue weighted by atomic mass is 16.5. The van der Waals surface area contributed by atoms with Gasteiger partial charge in [0.25, 0.3) is 11.5 Å². The Balaban J connectivity index is 1.38. The first-order valence-electron chi connectivity index (χ1n) is 11.6. The topological polar surface area (TPSA) is 81.5 Å². The third kappa shape index (κ3) is 3.81. The van der Waals surface area contributed by atoms with Crippen LogP contribution in [0.25, 0.3) is 10.9 Å². The van der Waals surface area contributed by atoms with Crippen LogP contribution in [-0.2, 0) is 28.9 Å². The summed E-state index contributed by atoms with van der Waals surface area (Å²) >= 11 is 0. The van der Waals surface area contributed by atoms with Crippen molar-refractivity contribution in [1.82, 2.24) is 9.55 Å². The molecule has 7 nitrogen and oxygen atoms in total. The zero-order valence-electron chi connectivity index (χ0n) is 18.9. The minimum Gasteiger partial charge on any atom is -0.449 e. The van der Waals surface area contributed by atoms with Gasteiger partial charge in [0.2, 0.25) is 0 Å². The van der Waals surface area contributed by atoms with E-state index in [2.05, 4.69) is 4.98 Å². The van der Waals surface area contributed by atoms with Crippen LogP contribution in [0.2, 0.25) is 0 Å². The Morgan fingerprint density at radius 1 is 1.12 bits per heavy atom. The number of carbonyl (C=O) groups excluding carboxylic acids is 2. The maximum Gasteiger partial charge on any atom is 0.338 e. The molecule has 0 aliphatic carbocycles. The van der Waals surface area contributed by atoms with Crippen molar-refractivity contribution in [2.75, 3.05) is 4.90 Å². The van der Waals surface area contributed by atoms with Gasteiger partial charge in [0.05, 0.1) is 16.5 Å². The van der Waals surface area contributed by atoms with Gasteiger partial charge in [-0.1, -0.05) is 24.6 Å². The van der Waals surface area contributed by atoms with Crippen molar-refractivity contribution in [2.24, 2.45) is 0 Å². The Bertz CT molecular complexity index is 1310. The van der Waals surface area contributed by atoms with E-state index < -0.39 is 12.1 Å². The van der Waals surface area contributed by atoms with Crippen LogP contribution in [0.5, 0.6) is 0 Å². The average Bonchev–Trinajstić information content (AvgIpc) is 2.97. The molecule has 7 heteroatoms. The number of benzene rings is 2. The van der Waals surface area contributed by atoms with Crippen LogP contribution in [0.1, 0.15) is 54.9 Å². The molecule has 0 bridgehead atoms. The molecule has 0 N–H and O–H groups in total. The molecule has 0 fully saturated rings. The monoisotopic (exact) mass is 445 g/mol. The fourth-order valence-electron chi connectivity index (χ4n) is 4.92. The molecule has 2 aromatic carbocycles. The molecule has 0 saturated heterocycles. The lowest BCUT2D eigenvalue weighted by molar-refractivity contribution is -0.126. The number of aromatic nitrogens is 2. The molecular formula is C26H27N3O4. The smallest absolute Gasteiger partial charge is 0.338 e. The van der Waals surface area contributed by atoms with E-state index in [1.54, 1.807) is 34.6 Å². The third-order valence-electron chi connectivity index (χ3n) is 6.63. The highest BCUT2D eigenvalue weighted by molar-refractivity contribution is 6.01. The van der Waals surface area contributed by atoms with Crippen molar-refractivity contribution in [2.45, 2.75) is 64.6 Å². The number of fused-ring (bicyclic) bond motifs is 3. The maximum absolute atomic E-state index is 13.1. The molecule has 0 spiro atoms. The molecule has 3 aromatic rings. The molecule has 170 valence electrons. The number of nitrogens with zero attached hydrogens (tertiary/aromatic N) is 3. The zero-order chi connectivity index (χ0) is 23.1. The lowest BCUT2D eigenvalue weighted by atomic mass is 10.1. The molecule has 3 heterocycles. The van der Waals surface area contributed by atoms with E-state index in [1.165, 1.54) is 0 Å². The number of carbonyl (C=O) groups is 2. The molecule has 1 aromatic heterocycles. The van der Waals surface area contributed by atoms with Gasteiger partial charge in [0, 0.05) is 24.7 Å². The van der Waals surface area contributed by atoms with Gasteiger partial charge in [-0.25, -0.2) is 9.78 Å². The first-order valence-corrected chi connectivity index (χ1v) is 11.6. The fraction of sp³-hybridized carbons (Fsp3) is 0.385. The van der Waals surface area contributed by atoms with Crippen molar-refractivity contribution < 1.29 is 14.3 Å². The normalized spacial score (nSPS) is 18.4. The maximum atomic E-state index is 13.1. The SMILES string of the molecule is C[C@H](OC(=O)c1ccc2c(=O)n3c(nc2c1)CCCCC3)C(=O)N1c2ccccc2C[C@@H]1C. The lowest BCUT2D eigenvalue weighted by Crippen LogP contribution is -2.43. The van der Waals surface area contributed by atoms with Gasteiger partial charge in [-0.15, -0.1) is 0 Å². The molecule has 1 amide bonds. The second-order valence-corrected chi connectivity index (χ2v) is 8.97. The van der Waals surface area contributed by atoms with Crippen LogP contribution in [0, 0.1) is 0 Å². The van der Waals surface area contributed by atoms with Crippen LogP contribution in [0.4, 0.5) is 5.69 Å². The Labute approximate surface area is 192 Å². The summed E-state index contributed by atoms with van der Waals surface area (Å²) in [5, 5.41) is 0.490. The van der Waals surface area contributed by atoms with Gasteiger partial charge < -0.3 is 9.64 Å². The minimum absolute atomic E-state index is 0.00385.